The minimum Gasteiger partial charge on any atom is -0.470 e. The fourth-order valence-electron chi connectivity index (χ4n) is 2.08. The summed E-state index contributed by atoms with van der Waals surface area (Å²) in [6.45, 7) is 0. The number of fused-ring (bicyclic) bond motifs is 1. The van der Waals surface area contributed by atoms with Gasteiger partial charge in [-0.15, -0.1) is 0 Å². The Kier molecular flexibility index (Phi) is 5.87. The monoisotopic (exact) mass is 325 g/mol. The second-order valence-corrected chi connectivity index (χ2v) is 6.52. The molecule has 0 N–H and O–H groups in total. The standard InChI is InChI=1S/C15H19NO3S2/c1-16(15(20)21-9-5-8-14(17)18-2)13-10-11-6-3-4-7-12(11)19-13/h3-4,6-7,13H,5,8-10H2,1-2H3. The number of likely N-dealkylation sites (N-methyl/N-ethyl adjacent to an activating group) is 1. The number of methoxy groups -OCH3 is 1. The van der Waals surface area contributed by atoms with Crippen molar-refractivity contribution in [3.63, 3.8) is 0 Å². The van der Waals surface area contributed by atoms with Crippen LogP contribution in [0.2, 0.25) is 0 Å². The summed E-state index contributed by atoms with van der Waals surface area (Å²) in [6.07, 6.45) is 2.00. The zero-order valence-electron chi connectivity index (χ0n) is 12.2. The molecule has 0 radical (unpaired) electrons. The van der Waals surface area contributed by atoms with Gasteiger partial charge < -0.3 is 14.4 Å². The van der Waals surface area contributed by atoms with Crippen molar-refractivity contribution in [1.82, 2.24) is 4.90 Å². The summed E-state index contributed by atoms with van der Waals surface area (Å²) in [5.74, 6) is 1.56. The number of hydrogen-bond acceptors (Lipinski definition) is 5. The zero-order chi connectivity index (χ0) is 15.2. The number of ether oxygens (including phenoxy) is 2. The van der Waals surface area contributed by atoms with Gasteiger partial charge in [-0.1, -0.05) is 42.2 Å². The first-order valence-corrected chi connectivity index (χ1v) is 8.22. The number of carbonyl (C=O) groups excluding carboxylic acids is 1. The lowest BCUT2D eigenvalue weighted by molar-refractivity contribution is -0.140. The molecule has 2 rings (SSSR count). The Labute approximate surface area is 134 Å². The van der Waals surface area contributed by atoms with Gasteiger partial charge >= 0.3 is 5.97 Å². The molecule has 1 unspecified atom stereocenters. The number of para-hydroxylation sites is 1. The molecule has 0 aromatic heterocycles. The van der Waals surface area contributed by atoms with Gasteiger partial charge in [0.1, 0.15) is 10.1 Å². The molecule has 0 saturated carbocycles. The van der Waals surface area contributed by atoms with E-state index < -0.39 is 0 Å². The molecule has 21 heavy (non-hydrogen) atoms. The summed E-state index contributed by atoms with van der Waals surface area (Å²) in [4.78, 5) is 13.0. The van der Waals surface area contributed by atoms with Crippen LogP contribution in [0.3, 0.4) is 0 Å². The van der Waals surface area contributed by atoms with E-state index in [1.807, 2.05) is 30.1 Å². The first kappa shape index (κ1) is 16.1. The van der Waals surface area contributed by atoms with Gasteiger partial charge in [0.15, 0.2) is 6.23 Å². The molecular formula is C15H19NO3S2. The minimum atomic E-state index is -0.176. The van der Waals surface area contributed by atoms with E-state index in [9.17, 15) is 4.79 Å². The molecule has 1 aromatic rings. The Morgan fingerprint density at radius 3 is 3.00 bits per heavy atom. The predicted octanol–water partition coefficient (Wildman–Crippen LogP) is 2.85. The highest BCUT2D eigenvalue weighted by molar-refractivity contribution is 8.22. The van der Waals surface area contributed by atoms with E-state index >= 15 is 0 Å². The van der Waals surface area contributed by atoms with Crippen LogP contribution in [-0.2, 0) is 16.0 Å². The van der Waals surface area contributed by atoms with Gasteiger partial charge in [0, 0.05) is 25.6 Å². The van der Waals surface area contributed by atoms with Crippen LogP contribution in [0.5, 0.6) is 5.75 Å². The molecule has 4 nitrogen and oxygen atoms in total. The molecule has 6 heteroatoms. The molecule has 0 saturated heterocycles. The lowest BCUT2D eigenvalue weighted by Gasteiger charge is -2.25. The van der Waals surface area contributed by atoms with Gasteiger partial charge in [-0.25, -0.2) is 0 Å². The van der Waals surface area contributed by atoms with Crippen LogP contribution in [0.15, 0.2) is 24.3 Å². The average Bonchev–Trinajstić information content (AvgIpc) is 2.94. The van der Waals surface area contributed by atoms with Crippen molar-refractivity contribution in [2.45, 2.75) is 25.5 Å². The lowest BCUT2D eigenvalue weighted by Crippen LogP contribution is -2.37. The topological polar surface area (TPSA) is 38.8 Å². The minimum absolute atomic E-state index is 0.0389. The van der Waals surface area contributed by atoms with Crippen LogP contribution in [0.25, 0.3) is 0 Å². The van der Waals surface area contributed by atoms with Crippen LogP contribution >= 0.6 is 24.0 Å². The van der Waals surface area contributed by atoms with E-state index in [2.05, 4.69) is 10.8 Å². The van der Waals surface area contributed by atoms with Crippen LogP contribution in [0.4, 0.5) is 0 Å². The van der Waals surface area contributed by atoms with Crippen molar-refractivity contribution in [1.29, 1.82) is 0 Å². The highest BCUT2D eigenvalue weighted by atomic mass is 32.2. The Hall–Kier alpha value is -1.27. The van der Waals surface area contributed by atoms with Crippen molar-refractivity contribution < 1.29 is 14.3 Å². The summed E-state index contributed by atoms with van der Waals surface area (Å²) in [5.41, 5.74) is 1.22. The molecule has 0 bridgehead atoms. The summed E-state index contributed by atoms with van der Waals surface area (Å²) in [5, 5.41) is 0. The first-order chi connectivity index (χ1) is 10.1. The molecule has 0 amide bonds. The number of thiocarbonyl (C=S) groups is 1. The summed E-state index contributed by atoms with van der Waals surface area (Å²) >= 11 is 7.00. The fraction of sp³-hybridized carbons (Fsp3) is 0.467. The SMILES string of the molecule is COC(=O)CCCSC(=S)N(C)C1Cc2ccccc2O1. The van der Waals surface area contributed by atoms with Crippen molar-refractivity contribution in [2.24, 2.45) is 0 Å². The lowest BCUT2D eigenvalue weighted by atomic mass is 10.1. The van der Waals surface area contributed by atoms with Gasteiger partial charge in [0.25, 0.3) is 0 Å². The number of hydrogen-bond donors (Lipinski definition) is 0. The molecule has 1 atom stereocenters. The number of carbonyl (C=O) groups is 1. The smallest absolute Gasteiger partial charge is 0.305 e. The molecule has 1 aromatic carbocycles. The molecule has 0 fully saturated rings. The Morgan fingerprint density at radius 2 is 2.29 bits per heavy atom. The third-order valence-corrected chi connectivity index (χ3v) is 5.00. The molecule has 1 heterocycles. The van der Waals surface area contributed by atoms with E-state index in [4.69, 9.17) is 17.0 Å². The number of thioether (sulfide) groups is 1. The van der Waals surface area contributed by atoms with Gasteiger partial charge in [0.05, 0.1) is 7.11 Å². The number of nitrogens with zero attached hydrogens (tertiary/aromatic N) is 1. The van der Waals surface area contributed by atoms with Gasteiger partial charge in [-0.3, -0.25) is 4.79 Å². The van der Waals surface area contributed by atoms with E-state index in [0.717, 1.165) is 28.7 Å². The van der Waals surface area contributed by atoms with Crippen molar-refractivity contribution in [3.8, 4) is 5.75 Å². The van der Waals surface area contributed by atoms with Crippen LogP contribution in [0, 0.1) is 0 Å². The molecule has 1 aliphatic rings. The van der Waals surface area contributed by atoms with E-state index in [1.165, 1.54) is 12.7 Å². The maximum absolute atomic E-state index is 11.0. The highest BCUT2D eigenvalue weighted by Gasteiger charge is 2.27. The molecule has 0 aliphatic carbocycles. The molecular weight excluding hydrogens is 306 g/mol. The van der Waals surface area contributed by atoms with E-state index in [0.29, 0.717) is 6.42 Å². The van der Waals surface area contributed by atoms with E-state index in [1.54, 1.807) is 11.8 Å². The Morgan fingerprint density at radius 1 is 1.52 bits per heavy atom. The predicted molar refractivity (Wildman–Crippen MR) is 88.6 cm³/mol. The fourth-order valence-corrected chi connectivity index (χ4v) is 3.23. The van der Waals surface area contributed by atoms with Crippen LogP contribution in [0.1, 0.15) is 18.4 Å². The van der Waals surface area contributed by atoms with Crippen LogP contribution < -0.4 is 4.74 Å². The number of rotatable bonds is 5. The quantitative estimate of drug-likeness (QED) is 0.471. The van der Waals surface area contributed by atoms with Crippen molar-refractivity contribution >= 4 is 34.3 Å². The molecule has 114 valence electrons. The van der Waals surface area contributed by atoms with Gasteiger partial charge in [-0.05, 0) is 18.1 Å². The molecule has 0 spiro atoms. The second-order valence-electron chi connectivity index (χ2n) is 4.79. The zero-order valence-corrected chi connectivity index (χ0v) is 13.8. The maximum atomic E-state index is 11.0. The number of benzene rings is 1. The summed E-state index contributed by atoms with van der Waals surface area (Å²) < 4.78 is 11.3. The van der Waals surface area contributed by atoms with Crippen molar-refractivity contribution in [3.05, 3.63) is 29.8 Å². The van der Waals surface area contributed by atoms with Crippen LogP contribution in [-0.4, -0.2) is 41.3 Å². The van der Waals surface area contributed by atoms with E-state index in [-0.39, 0.29) is 12.2 Å². The normalized spacial score (nSPS) is 16.0. The third kappa shape index (κ3) is 4.35. The first-order valence-electron chi connectivity index (χ1n) is 6.82. The maximum Gasteiger partial charge on any atom is 0.305 e. The summed E-state index contributed by atoms with van der Waals surface area (Å²) in [6, 6.07) is 8.05. The largest absolute Gasteiger partial charge is 0.470 e. The highest BCUT2D eigenvalue weighted by Crippen LogP contribution is 2.30. The number of esters is 1. The summed E-state index contributed by atoms with van der Waals surface area (Å²) in [7, 11) is 3.36. The van der Waals surface area contributed by atoms with Crippen molar-refractivity contribution in [2.75, 3.05) is 19.9 Å². The van der Waals surface area contributed by atoms with Gasteiger partial charge in [0.2, 0.25) is 0 Å². The second kappa shape index (κ2) is 7.66. The average molecular weight is 325 g/mol. The Bertz CT molecular complexity index is 496. The van der Waals surface area contributed by atoms with Gasteiger partial charge in [-0.2, -0.15) is 0 Å². The Balaban J connectivity index is 1.75. The molecule has 1 aliphatic heterocycles. The third-order valence-electron chi connectivity index (χ3n) is 3.33.